The number of nitrogens with zero attached hydrogens (tertiary/aromatic N) is 2. The minimum atomic E-state index is -0.421. The van der Waals surface area contributed by atoms with Crippen LogP contribution in [0.2, 0.25) is 0 Å². The Balaban J connectivity index is 0.00000200. The topological polar surface area (TPSA) is 29.9 Å². The Labute approximate surface area is 126 Å². The highest BCUT2D eigenvalue weighted by Gasteiger charge is 2.18. The molecule has 0 fully saturated rings. The zero-order valence-electron chi connectivity index (χ0n) is 12.0. The van der Waals surface area contributed by atoms with E-state index in [4.69, 9.17) is 0 Å². The summed E-state index contributed by atoms with van der Waals surface area (Å²) < 4.78 is 3.01. The molecule has 0 radical (unpaired) electrons. The first kappa shape index (κ1) is 16.2. The van der Waals surface area contributed by atoms with E-state index in [2.05, 4.69) is 0 Å². The number of rotatable bonds is 2. The van der Waals surface area contributed by atoms with E-state index >= 15 is 0 Å². The first-order chi connectivity index (χ1) is 8.97. The minimum absolute atomic E-state index is 0. The monoisotopic (exact) mass is 290 g/mol. The highest BCUT2D eigenvalue weighted by molar-refractivity contribution is 5.76. The second-order valence-corrected chi connectivity index (χ2v) is 5.50. The molecule has 2 aromatic rings. The van der Waals surface area contributed by atoms with E-state index in [9.17, 15) is 5.21 Å². The Bertz CT molecular complexity index is 589. The van der Waals surface area contributed by atoms with E-state index in [1.54, 1.807) is 6.21 Å². The molecule has 0 bridgehead atoms. The highest BCUT2D eigenvalue weighted by atomic mass is 35.5. The molecule has 0 aliphatic carbocycles. The molecule has 0 aliphatic rings. The number of hydrogen-bond acceptors (Lipinski definition) is 1. The van der Waals surface area contributed by atoms with Crippen LogP contribution in [0.1, 0.15) is 26.3 Å². The Hall–Kier alpha value is -1.87. The Morgan fingerprint density at radius 2 is 1.70 bits per heavy atom. The van der Waals surface area contributed by atoms with Crippen LogP contribution in [0.5, 0.6) is 0 Å². The molecule has 2 rings (SSSR count). The lowest BCUT2D eigenvalue weighted by Crippen LogP contribution is -3.00. The van der Waals surface area contributed by atoms with Gasteiger partial charge in [0.15, 0.2) is 24.1 Å². The molecule has 3 nitrogen and oxygen atoms in total. The van der Waals surface area contributed by atoms with Crippen LogP contribution in [0.15, 0.2) is 54.9 Å². The third-order valence-electron chi connectivity index (χ3n) is 2.81. The maximum Gasteiger partial charge on any atom is 0.211 e. The van der Waals surface area contributed by atoms with Crippen LogP contribution in [0.4, 0.5) is 0 Å². The molecule has 0 atom stereocenters. The van der Waals surface area contributed by atoms with Crippen molar-refractivity contribution in [3.8, 4) is 5.69 Å². The minimum Gasteiger partial charge on any atom is -1.00 e. The smallest absolute Gasteiger partial charge is 0.211 e. The lowest BCUT2D eigenvalue weighted by atomic mass is 10.1. The lowest BCUT2D eigenvalue weighted by Gasteiger charge is -2.18. The molecule has 1 aromatic heterocycles. The van der Waals surface area contributed by atoms with Gasteiger partial charge in [-0.3, -0.25) is 0 Å². The van der Waals surface area contributed by atoms with Gasteiger partial charge in [0.2, 0.25) is 5.69 Å². The Morgan fingerprint density at radius 1 is 1.05 bits per heavy atom. The summed E-state index contributed by atoms with van der Waals surface area (Å²) in [5, 5.41) is 11.9. The van der Waals surface area contributed by atoms with E-state index in [0.29, 0.717) is 0 Å². The number of hydroxylamine groups is 1. The van der Waals surface area contributed by atoms with Crippen LogP contribution in [0, 0.1) is 5.21 Å². The summed E-state index contributed by atoms with van der Waals surface area (Å²) in [5.74, 6) is 0. The maximum absolute atomic E-state index is 11.9. The van der Waals surface area contributed by atoms with Crippen molar-refractivity contribution in [2.75, 3.05) is 0 Å². The van der Waals surface area contributed by atoms with E-state index in [-0.39, 0.29) is 12.4 Å². The van der Waals surface area contributed by atoms with Gasteiger partial charge in [-0.15, -0.1) is 0 Å². The maximum atomic E-state index is 11.9. The molecule has 0 unspecified atom stereocenters. The van der Waals surface area contributed by atoms with Crippen LogP contribution in [-0.4, -0.2) is 16.5 Å². The second kappa shape index (κ2) is 6.53. The number of benzene rings is 1. The SMILES string of the molecule is CC(C)(C)/[N+]([O-])=C/c1cccc(-[n+]2ccccc2)c1.[Cl-]. The van der Waals surface area contributed by atoms with Gasteiger partial charge in [-0.1, -0.05) is 12.1 Å². The molecular weight excluding hydrogens is 272 g/mol. The van der Waals surface area contributed by atoms with Gasteiger partial charge < -0.3 is 17.6 Å². The average Bonchev–Trinajstić information content (AvgIpc) is 2.39. The summed E-state index contributed by atoms with van der Waals surface area (Å²) in [6.45, 7) is 5.69. The number of halogens is 1. The molecule has 4 heteroatoms. The first-order valence-corrected chi connectivity index (χ1v) is 6.35. The van der Waals surface area contributed by atoms with Crippen LogP contribution < -0.4 is 17.0 Å². The fraction of sp³-hybridized carbons (Fsp3) is 0.250. The Morgan fingerprint density at radius 3 is 2.30 bits per heavy atom. The van der Waals surface area contributed by atoms with Crippen LogP contribution in [0.25, 0.3) is 5.69 Å². The molecule has 0 saturated heterocycles. The molecule has 1 aromatic carbocycles. The molecule has 0 N–H and O–H groups in total. The van der Waals surface area contributed by atoms with Gasteiger partial charge in [0.1, 0.15) is 0 Å². The second-order valence-electron chi connectivity index (χ2n) is 5.50. The average molecular weight is 291 g/mol. The predicted octanol–water partition coefficient (Wildman–Crippen LogP) is -0.305. The van der Waals surface area contributed by atoms with Gasteiger partial charge in [-0.2, -0.15) is 4.57 Å². The van der Waals surface area contributed by atoms with Crippen molar-refractivity contribution in [1.29, 1.82) is 0 Å². The molecule has 20 heavy (non-hydrogen) atoms. The van der Waals surface area contributed by atoms with E-state index in [1.165, 1.54) is 0 Å². The van der Waals surface area contributed by atoms with Crippen molar-refractivity contribution in [3.63, 3.8) is 0 Å². The lowest BCUT2D eigenvalue weighted by molar-refractivity contribution is -0.595. The van der Waals surface area contributed by atoms with Crippen LogP contribution in [-0.2, 0) is 0 Å². The molecule has 0 saturated carbocycles. The van der Waals surface area contributed by atoms with Crippen molar-refractivity contribution in [2.45, 2.75) is 26.3 Å². The molecule has 1 heterocycles. The summed E-state index contributed by atoms with van der Waals surface area (Å²) >= 11 is 0. The number of aromatic nitrogens is 1. The molecule has 0 spiro atoms. The van der Waals surface area contributed by atoms with E-state index < -0.39 is 5.54 Å². The van der Waals surface area contributed by atoms with Crippen molar-refractivity contribution in [1.82, 2.24) is 0 Å². The standard InChI is InChI=1S/C16H19N2O.ClH/c1-16(2,3)18(19)13-14-8-7-9-15(12-14)17-10-5-4-6-11-17;/h4-13H,1-3H3;1H/q+1;/p-1/b18-13-;. The first-order valence-electron chi connectivity index (χ1n) is 6.35. The summed E-state index contributed by atoms with van der Waals surface area (Å²) in [7, 11) is 0. The summed E-state index contributed by atoms with van der Waals surface area (Å²) in [4.78, 5) is 0. The third kappa shape index (κ3) is 4.07. The van der Waals surface area contributed by atoms with Crippen molar-refractivity contribution in [2.24, 2.45) is 0 Å². The van der Waals surface area contributed by atoms with Crippen LogP contribution in [0.3, 0.4) is 0 Å². The van der Waals surface area contributed by atoms with Crippen molar-refractivity contribution >= 4 is 6.21 Å². The molecular formula is C16H19ClN2O. The van der Waals surface area contributed by atoms with Gasteiger partial charge in [-0.05, 0) is 6.07 Å². The molecule has 106 valence electrons. The van der Waals surface area contributed by atoms with Gasteiger partial charge in [0, 0.05) is 50.6 Å². The van der Waals surface area contributed by atoms with Gasteiger partial charge in [-0.25, -0.2) is 4.74 Å². The Kier molecular flexibility index (Phi) is 5.28. The van der Waals surface area contributed by atoms with Gasteiger partial charge >= 0.3 is 0 Å². The van der Waals surface area contributed by atoms with Gasteiger partial charge in [0.25, 0.3) is 0 Å². The number of hydrogen-bond donors (Lipinski definition) is 0. The molecule has 0 aliphatic heterocycles. The fourth-order valence-electron chi connectivity index (χ4n) is 1.67. The largest absolute Gasteiger partial charge is 1.00 e. The quantitative estimate of drug-likeness (QED) is 0.323. The van der Waals surface area contributed by atoms with Crippen molar-refractivity contribution in [3.05, 3.63) is 65.6 Å². The zero-order chi connectivity index (χ0) is 13.9. The van der Waals surface area contributed by atoms with Gasteiger partial charge in [0.05, 0.1) is 0 Å². The van der Waals surface area contributed by atoms with E-state index in [0.717, 1.165) is 16.0 Å². The third-order valence-corrected chi connectivity index (χ3v) is 2.81. The highest BCUT2D eigenvalue weighted by Crippen LogP contribution is 2.08. The molecule has 0 amide bonds. The van der Waals surface area contributed by atoms with Crippen molar-refractivity contribution < 1.29 is 21.7 Å². The van der Waals surface area contributed by atoms with E-state index in [1.807, 2.05) is 80.2 Å². The zero-order valence-corrected chi connectivity index (χ0v) is 12.7. The summed E-state index contributed by atoms with van der Waals surface area (Å²) in [6, 6.07) is 13.8. The number of pyridine rings is 1. The van der Waals surface area contributed by atoms with Crippen LogP contribution >= 0.6 is 0 Å². The predicted molar refractivity (Wildman–Crippen MR) is 76.5 cm³/mol. The summed E-state index contributed by atoms with van der Waals surface area (Å²) in [6.07, 6.45) is 5.60. The normalized spacial score (nSPS) is 11.8. The summed E-state index contributed by atoms with van der Waals surface area (Å²) in [5.41, 5.74) is 1.52. The fourth-order valence-corrected chi connectivity index (χ4v) is 1.67.